The van der Waals surface area contributed by atoms with Crippen LogP contribution in [0.2, 0.25) is 0 Å². The fourth-order valence-corrected chi connectivity index (χ4v) is 2.92. The van der Waals surface area contributed by atoms with E-state index in [0.717, 1.165) is 38.5 Å². The molecule has 5 heteroatoms. The monoisotopic (exact) mass is 407 g/mol. The molecule has 21 heavy (non-hydrogen) atoms. The van der Waals surface area contributed by atoms with Crippen LogP contribution < -0.4 is 10.6 Å². The summed E-state index contributed by atoms with van der Waals surface area (Å²) in [6.07, 6.45) is 12.8. The molecule has 0 radical (unpaired) electrons. The minimum Gasteiger partial charge on any atom is -0.378 e. The van der Waals surface area contributed by atoms with Crippen LogP contribution in [0.5, 0.6) is 0 Å². The molecule has 0 aromatic carbocycles. The van der Waals surface area contributed by atoms with Crippen molar-refractivity contribution in [2.75, 3.05) is 26.7 Å². The number of nitrogens with zero attached hydrogens (tertiary/aromatic N) is 1. The first kappa shape index (κ1) is 18.7. The number of guanidine groups is 1. The molecule has 0 bridgehead atoms. The Bertz CT molecular complexity index is 338. The van der Waals surface area contributed by atoms with Crippen LogP contribution in [0.4, 0.5) is 0 Å². The van der Waals surface area contributed by atoms with Crippen LogP contribution >= 0.6 is 24.0 Å². The van der Waals surface area contributed by atoms with Crippen LogP contribution in [0.3, 0.4) is 0 Å². The quantitative estimate of drug-likeness (QED) is 0.308. The van der Waals surface area contributed by atoms with Gasteiger partial charge in [-0.1, -0.05) is 11.6 Å². The summed E-state index contributed by atoms with van der Waals surface area (Å²) in [5.74, 6) is 0.916. The third-order valence-corrected chi connectivity index (χ3v) is 4.13. The van der Waals surface area contributed by atoms with E-state index in [-0.39, 0.29) is 24.0 Å². The maximum Gasteiger partial charge on any atom is 0.190 e. The van der Waals surface area contributed by atoms with Crippen LogP contribution in [0.1, 0.15) is 51.4 Å². The average molecular weight is 407 g/mol. The Morgan fingerprint density at radius 3 is 2.81 bits per heavy atom. The lowest BCUT2D eigenvalue weighted by atomic mass is 9.97. The standard InChI is InChI=1S/C16H29N3O.HI/c1-17-16(19-12-10-15-8-5-13-20-15)18-11-9-14-6-3-2-4-7-14;/h6,15H,2-5,7-13H2,1H3,(H2,17,18,19);1H. The van der Waals surface area contributed by atoms with Crippen molar-refractivity contribution in [2.24, 2.45) is 4.99 Å². The summed E-state index contributed by atoms with van der Waals surface area (Å²) >= 11 is 0. The zero-order valence-electron chi connectivity index (χ0n) is 13.2. The van der Waals surface area contributed by atoms with Gasteiger partial charge in [0.05, 0.1) is 6.10 Å². The molecule has 1 unspecified atom stereocenters. The van der Waals surface area contributed by atoms with E-state index in [9.17, 15) is 0 Å². The Morgan fingerprint density at radius 1 is 1.29 bits per heavy atom. The molecule has 122 valence electrons. The van der Waals surface area contributed by atoms with Gasteiger partial charge in [0, 0.05) is 26.7 Å². The van der Waals surface area contributed by atoms with Crippen molar-refractivity contribution >= 4 is 29.9 Å². The van der Waals surface area contributed by atoms with Gasteiger partial charge in [-0.2, -0.15) is 0 Å². The molecule has 0 spiro atoms. The zero-order chi connectivity index (χ0) is 14.0. The van der Waals surface area contributed by atoms with Gasteiger partial charge >= 0.3 is 0 Å². The van der Waals surface area contributed by atoms with E-state index >= 15 is 0 Å². The fourth-order valence-electron chi connectivity index (χ4n) is 2.92. The van der Waals surface area contributed by atoms with Crippen molar-refractivity contribution in [1.82, 2.24) is 10.6 Å². The van der Waals surface area contributed by atoms with Gasteiger partial charge in [0.2, 0.25) is 0 Å². The predicted octanol–water partition coefficient (Wildman–Crippen LogP) is 3.23. The lowest BCUT2D eigenvalue weighted by molar-refractivity contribution is 0.105. The smallest absolute Gasteiger partial charge is 0.190 e. The zero-order valence-corrected chi connectivity index (χ0v) is 15.5. The Hall–Kier alpha value is -0.300. The van der Waals surface area contributed by atoms with Gasteiger partial charge in [-0.25, -0.2) is 0 Å². The van der Waals surface area contributed by atoms with Crippen LogP contribution in [0.25, 0.3) is 0 Å². The van der Waals surface area contributed by atoms with E-state index in [1.165, 1.54) is 38.5 Å². The molecular formula is C16H30IN3O. The summed E-state index contributed by atoms with van der Waals surface area (Å²) in [4.78, 5) is 4.27. The predicted molar refractivity (Wildman–Crippen MR) is 99.5 cm³/mol. The van der Waals surface area contributed by atoms with Gasteiger partial charge in [-0.05, 0) is 51.4 Å². The van der Waals surface area contributed by atoms with Gasteiger partial charge in [-0.15, -0.1) is 24.0 Å². The van der Waals surface area contributed by atoms with Crippen molar-refractivity contribution in [3.05, 3.63) is 11.6 Å². The van der Waals surface area contributed by atoms with E-state index in [0.29, 0.717) is 6.10 Å². The highest BCUT2D eigenvalue weighted by Crippen LogP contribution is 2.19. The summed E-state index contributed by atoms with van der Waals surface area (Å²) in [7, 11) is 1.83. The molecule has 0 aromatic rings. The molecule has 2 aliphatic rings. The summed E-state index contributed by atoms with van der Waals surface area (Å²) in [5, 5.41) is 6.77. The number of hydrogen-bond acceptors (Lipinski definition) is 2. The van der Waals surface area contributed by atoms with Gasteiger partial charge in [0.15, 0.2) is 5.96 Å². The van der Waals surface area contributed by atoms with Crippen LogP contribution in [-0.4, -0.2) is 38.8 Å². The normalized spacial score (nSPS) is 22.4. The van der Waals surface area contributed by atoms with Crippen molar-refractivity contribution in [3.63, 3.8) is 0 Å². The number of halogens is 1. The molecule has 1 aliphatic heterocycles. The second kappa shape index (κ2) is 11.3. The van der Waals surface area contributed by atoms with Gasteiger partial charge in [-0.3, -0.25) is 4.99 Å². The van der Waals surface area contributed by atoms with Crippen molar-refractivity contribution < 1.29 is 4.74 Å². The molecule has 1 aliphatic carbocycles. The minimum absolute atomic E-state index is 0. The molecular weight excluding hydrogens is 377 g/mol. The number of allylic oxidation sites excluding steroid dienone is 1. The van der Waals surface area contributed by atoms with Crippen LogP contribution in [0.15, 0.2) is 16.6 Å². The number of ether oxygens (including phenoxy) is 1. The first-order chi connectivity index (χ1) is 9.88. The highest BCUT2D eigenvalue weighted by molar-refractivity contribution is 14.0. The van der Waals surface area contributed by atoms with E-state index < -0.39 is 0 Å². The first-order valence-electron chi connectivity index (χ1n) is 8.12. The molecule has 2 rings (SSSR count). The Labute approximate surface area is 146 Å². The van der Waals surface area contributed by atoms with Crippen LogP contribution in [0, 0.1) is 0 Å². The van der Waals surface area contributed by atoms with E-state index in [1.54, 1.807) is 5.57 Å². The molecule has 2 N–H and O–H groups in total. The third-order valence-electron chi connectivity index (χ3n) is 4.13. The van der Waals surface area contributed by atoms with Gasteiger partial charge in [0.1, 0.15) is 0 Å². The molecule has 1 heterocycles. The van der Waals surface area contributed by atoms with Gasteiger partial charge in [0.25, 0.3) is 0 Å². The second-order valence-electron chi connectivity index (χ2n) is 5.71. The minimum atomic E-state index is 0. The topological polar surface area (TPSA) is 45.7 Å². The SMILES string of the molecule is CN=C(NCCC1=CCCCC1)NCCC1CCCO1.I. The maximum absolute atomic E-state index is 5.62. The van der Waals surface area contributed by atoms with E-state index in [1.807, 2.05) is 7.05 Å². The summed E-state index contributed by atoms with van der Waals surface area (Å²) in [5.41, 5.74) is 1.61. The lowest BCUT2D eigenvalue weighted by Gasteiger charge is -2.16. The Balaban J connectivity index is 0.00000220. The Morgan fingerprint density at radius 2 is 2.14 bits per heavy atom. The lowest BCUT2D eigenvalue weighted by Crippen LogP contribution is -2.39. The highest BCUT2D eigenvalue weighted by atomic mass is 127. The molecule has 0 amide bonds. The fraction of sp³-hybridized carbons (Fsp3) is 0.812. The number of nitrogens with one attached hydrogen (secondary N) is 2. The molecule has 4 nitrogen and oxygen atoms in total. The van der Waals surface area contributed by atoms with Crippen molar-refractivity contribution in [1.29, 1.82) is 0 Å². The first-order valence-corrected chi connectivity index (χ1v) is 8.12. The highest BCUT2D eigenvalue weighted by Gasteiger charge is 2.14. The number of rotatable bonds is 6. The third kappa shape index (κ3) is 7.49. The largest absolute Gasteiger partial charge is 0.378 e. The molecule has 0 saturated carbocycles. The van der Waals surface area contributed by atoms with Crippen LogP contribution in [-0.2, 0) is 4.74 Å². The number of hydrogen-bond donors (Lipinski definition) is 2. The molecule has 0 aromatic heterocycles. The summed E-state index contributed by atoms with van der Waals surface area (Å²) in [6, 6.07) is 0. The van der Waals surface area contributed by atoms with Crippen molar-refractivity contribution in [2.45, 2.75) is 57.5 Å². The van der Waals surface area contributed by atoms with E-state index in [2.05, 4.69) is 21.7 Å². The van der Waals surface area contributed by atoms with E-state index in [4.69, 9.17) is 4.74 Å². The summed E-state index contributed by atoms with van der Waals surface area (Å²) in [6.45, 7) is 2.85. The molecule has 1 atom stereocenters. The molecule has 1 saturated heterocycles. The maximum atomic E-state index is 5.62. The average Bonchev–Trinajstić information content (AvgIpc) is 3.00. The van der Waals surface area contributed by atoms with Crippen molar-refractivity contribution in [3.8, 4) is 0 Å². The molecule has 1 fully saturated rings. The second-order valence-corrected chi connectivity index (χ2v) is 5.71. The number of aliphatic imine (C=N–C) groups is 1. The summed E-state index contributed by atoms with van der Waals surface area (Å²) < 4.78 is 5.62. The Kier molecular flexibility index (Phi) is 10.1. The van der Waals surface area contributed by atoms with Gasteiger partial charge < -0.3 is 15.4 Å².